The molecule has 0 saturated carbocycles. The molecule has 0 bridgehead atoms. The number of aromatic carboxylic acids is 1. The van der Waals surface area contributed by atoms with E-state index in [0.29, 0.717) is 0 Å². The Morgan fingerprint density at radius 2 is 2.06 bits per heavy atom. The SMILES string of the molecule is C[C@@H](c1ccccc1)n1cc(C(=O)O)cn1. The van der Waals surface area contributed by atoms with Gasteiger partial charge in [-0.1, -0.05) is 30.3 Å². The van der Waals surface area contributed by atoms with E-state index in [1.807, 2.05) is 37.3 Å². The Morgan fingerprint density at radius 1 is 1.38 bits per heavy atom. The van der Waals surface area contributed by atoms with Crippen LogP contribution in [0.15, 0.2) is 42.7 Å². The summed E-state index contributed by atoms with van der Waals surface area (Å²) in [6.07, 6.45) is 2.90. The summed E-state index contributed by atoms with van der Waals surface area (Å²) in [5.41, 5.74) is 1.31. The minimum atomic E-state index is -0.952. The number of carboxylic acid groups (broad SMARTS) is 1. The first-order valence-electron chi connectivity index (χ1n) is 5.01. The van der Waals surface area contributed by atoms with E-state index in [4.69, 9.17) is 5.11 Å². The summed E-state index contributed by atoms with van der Waals surface area (Å²) in [6.45, 7) is 1.98. The Balaban J connectivity index is 2.27. The van der Waals surface area contributed by atoms with Gasteiger partial charge in [-0.15, -0.1) is 0 Å². The van der Waals surface area contributed by atoms with Gasteiger partial charge in [0, 0.05) is 6.20 Å². The third-order valence-corrected chi connectivity index (χ3v) is 2.53. The maximum absolute atomic E-state index is 10.7. The van der Waals surface area contributed by atoms with Crippen LogP contribution in [0, 0.1) is 0 Å². The summed E-state index contributed by atoms with van der Waals surface area (Å²) in [5.74, 6) is -0.952. The molecule has 4 nitrogen and oxygen atoms in total. The van der Waals surface area contributed by atoms with Gasteiger partial charge in [0.25, 0.3) is 0 Å². The molecule has 1 atom stereocenters. The van der Waals surface area contributed by atoms with Gasteiger partial charge in [0.1, 0.15) is 0 Å². The highest BCUT2D eigenvalue weighted by molar-refractivity contribution is 5.86. The number of benzene rings is 1. The number of hydrogen-bond acceptors (Lipinski definition) is 2. The minimum absolute atomic E-state index is 0.0364. The predicted octanol–water partition coefficient (Wildman–Crippen LogP) is 2.19. The molecule has 1 heterocycles. The maximum atomic E-state index is 10.7. The van der Waals surface area contributed by atoms with Crippen molar-refractivity contribution in [3.63, 3.8) is 0 Å². The van der Waals surface area contributed by atoms with Gasteiger partial charge in [0.15, 0.2) is 0 Å². The van der Waals surface area contributed by atoms with Crippen LogP contribution in [0.5, 0.6) is 0 Å². The molecule has 2 aromatic rings. The van der Waals surface area contributed by atoms with Gasteiger partial charge in [-0.25, -0.2) is 4.79 Å². The molecule has 0 spiro atoms. The second-order valence-electron chi connectivity index (χ2n) is 3.60. The Kier molecular flexibility index (Phi) is 2.72. The van der Waals surface area contributed by atoms with Crippen LogP contribution in [0.25, 0.3) is 0 Å². The van der Waals surface area contributed by atoms with Crippen LogP contribution in [0.2, 0.25) is 0 Å². The van der Waals surface area contributed by atoms with Crippen molar-refractivity contribution in [2.24, 2.45) is 0 Å². The Morgan fingerprint density at radius 3 is 2.62 bits per heavy atom. The van der Waals surface area contributed by atoms with Crippen molar-refractivity contribution in [2.75, 3.05) is 0 Å². The molecule has 0 aliphatic heterocycles. The van der Waals surface area contributed by atoms with E-state index in [1.165, 1.54) is 6.20 Å². The molecule has 0 unspecified atom stereocenters. The molecule has 1 N–H and O–H groups in total. The lowest BCUT2D eigenvalue weighted by molar-refractivity contribution is 0.0697. The quantitative estimate of drug-likeness (QED) is 0.855. The standard InChI is InChI=1S/C12H12N2O2/c1-9(10-5-3-2-4-6-10)14-8-11(7-13-14)12(15)16/h2-9H,1H3,(H,15,16)/t9-/m0/s1. The van der Waals surface area contributed by atoms with E-state index in [1.54, 1.807) is 10.9 Å². The first kappa shape index (κ1) is 10.4. The topological polar surface area (TPSA) is 55.1 Å². The van der Waals surface area contributed by atoms with Gasteiger partial charge in [-0.2, -0.15) is 5.10 Å². The van der Waals surface area contributed by atoms with Crippen molar-refractivity contribution in [3.05, 3.63) is 53.9 Å². The summed E-state index contributed by atoms with van der Waals surface area (Å²) in [6, 6.07) is 9.87. The zero-order valence-electron chi connectivity index (χ0n) is 8.87. The van der Waals surface area contributed by atoms with Gasteiger partial charge in [0.2, 0.25) is 0 Å². The lowest BCUT2D eigenvalue weighted by atomic mass is 10.1. The van der Waals surface area contributed by atoms with E-state index < -0.39 is 5.97 Å². The van der Waals surface area contributed by atoms with Gasteiger partial charge in [-0.05, 0) is 12.5 Å². The highest BCUT2D eigenvalue weighted by Crippen LogP contribution is 2.16. The van der Waals surface area contributed by atoms with Crippen molar-refractivity contribution < 1.29 is 9.90 Å². The molecule has 0 radical (unpaired) electrons. The summed E-state index contributed by atoms with van der Waals surface area (Å²) in [7, 11) is 0. The number of carbonyl (C=O) groups is 1. The van der Waals surface area contributed by atoms with Gasteiger partial charge < -0.3 is 5.11 Å². The van der Waals surface area contributed by atoms with Crippen molar-refractivity contribution in [3.8, 4) is 0 Å². The zero-order valence-corrected chi connectivity index (χ0v) is 8.87. The fraction of sp³-hybridized carbons (Fsp3) is 0.167. The van der Waals surface area contributed by atoms with Crippen LogP contribution >= 0.6 is 0 Å². The van der Waals surface area contributed by atoms with Gasteiger partial charge >= 0.3 is 5.97 Å². The molecule has 0 fully saturated rings. The minimum Gasteiger partial charge on any atom is -0.478 e. The number of nitrogens with zero attached hydrogens (tertiary/aromatic N) is 2. The van der Waals surface area contributed by atoms with Crippen LogP contribution in [-0.4, -0.2) is 20.9 Å². The normalized spacial score (nSPS) is 12.3. The molecule has 0 saturated heterocycles. The van der Waals surface area contributed by atoms with Gasteiger partial charge in [0.05, 0.1) is 17.8 Å². The summed E-state index contributed by atoms with van der Waals surface area (Å²) in [5, 5.41) is 12.8. The van der Waals surface area contributed by atoms with Crippen LogP contribution in [-0.2, 0) is 0 Å². The molecule has 4 heteroatoms. The molecule has 16 heavy (non-hydrogen) atoms. The van der Waals surface area contributed by atoms with Crippen molar-refractivity contribution in [1.29, 1.82) is 0 Å². The van der Waals surface area contributed by atoms with Crippen LogP contribution in [0.1, 0.15) is 28.9 Å². The average Bonchev–Trinajstić information content (AvgIpc) is 2.78. The maximum Gasteiger partial charge on any atom is 0.338 e. The first-order chi connectivity index (χ1) is 7.68. The fourth-order valence-corrected chi connectivity index (χ4v) is 1.54. The fourth-order valence-electron chi connectivity index (χ4n) is 1.54. The third kappa shape index (κ3) is 1.95. The highest BCUT2D eigenvalue weighted by Gasteiger charge is 2.11. The number of aromatic nitrogens is 2. The predicted molar refractivity (Wildman–Crippen MR) is 59.4 cm³/mol. The van der Waals surface area contributed by atoms with Gasteiger partial charge in [-0.3, -0.25) is 4.68 Å². The van der Waals surface area contributed by atoms with Crippen LogP contribution < -0.4 is 0 Å². The highest BCUT2D eigenvalue weighted by atomic mass is 16.4. The van der Waals surface area contributed by atoms with Crippen LogP contribution in [0.4, 0.5) is 0 Å². The van der Waals surface area contributed by atoms with E-state index in [-0.39, 0.29) is 11.6 Å². The molecule has 1 aromatic heterocycles. The second-order valence-corrected chi connectivity index (χ2v) is 3.60. The third-order valence-electron chi connectivity index (χ3n) is 2.53. The van der Waals surface area contributed by atoms with E-state index in [0.717, 1.165) is 5.56 Å². The Bertz CT molecular complexity index is 491. The lowest BCUT2D eigenvalue weighted by Crippen LogP contribution is -2.07. The van der Waals surface area contributed by atoms with E-state index in [9.17, 15) is 4.79 Å². The Hall–Kier alpha value is -2.10. The summed E-state index contributed by atoms with van der Waals surface area (Å²) >= 11 is 0. The molecule has 0 aliphatic carbocycles. The molecule has 2 rings (SSSR count). The van der Waals surface area contributed by atoms with Crippen LogP contribution in [0.3, 0.4) is 0 Å². The molecular weight excluding hydrogens is 204 g/mol. The lowest BCUT2D eigenvalue weighted by Gasteiger charge is -2.11. The number of carboxylic acids is 1. The zero-order chi connectivity index (χ0) is 11.5. The number of hydrogen-bond donors (Lipinski definition) is 1. The smallest absolute Gasteiger partial charge is 0.338 e. The van der Waals surface area contributed by atoms with E-state index >= 15 is 0 Å². The van der Waals surface area contributed by atoms with Crippen molar-refractivity contribution in [1.82, 2.24) is 9.78 Å². The molecule has 0 aliphatic rings. The molecule has 82 valence electrons. The molecular formula is C12H12N2O2. The monoisotopic (exact) mass is 216 g/mol. The average molecular weight is 216 g/mol. The Labute approximate surface area is 93.1 Å². The summed E-state index contributed by atoms with van der Waals surface area (Å²) in [4.78, 5) is 10.7. The number of rotatable bonds is 3. The first-order valence-corrected chi connectivity index (χ1v) is 5.01. The largest absolute Gasteiger partial charge is 0.478 e. The molecule has 0 amide bonds. The second kappa shape index (κ2) is 4.18. The van der Waals surface area contributed by atoms with E-state index in [2.05, 4.69) is 5.10 Å². The van der Waals surface area contributed by atoms with Crippen molar-refractivity contribution in [2.45, 2.75) is 13.0 Å². The summed E-state index contributed by atoms with van der Waals surface area (Å²) < 4.78 is 1.65. The van der Waals surface area contributed by atoms with Crippen molar-refractivity contribution >= 4 is 5.97 Å². The molecule has 1 aromatic carbocycles.